The van der Waals surface area contributed by atoms with Crippen LogP contribution in [0.1, 0.15) is 52.0 Å². The third kappa shape index (κ3) is 3.68. The minimum atomic E-state index is -0.938. The fourth-order valence-electron chi connectivity index (χ4n) is 6.03. The highest BCUT2D eigenvalue weighted by Gasteiger charge is 2.56. The van der Waals surface area contributed by atoms with E-state index in [9.17, 15) is 15.0 Å². The molecule has 194 valence electrons. The van der Waals surface area contributed by atoms with Crippen LogP contribution in [-0.2, 0) is 5.54 Å². The molecule has 2 heterocycles. The lowest BCUT2D eigenvalue weighted by Crippen LogP contribution is -2.48. The van der Waals surface area contributed by atoms with E-state index in [0.717, 1.165) is 52.3 Å². The van der Waals surface area contributed by atoms with Crippen molar-refractivity contribution < 1.29 is 19.7 Å². The molecule has 2 aliphatic rings. The molecule has 2 aliphatic heterocycles. The minimum Gasteiger partial charge on any atom is -0.456 e. The Balaban J connectivity index is 1.86. The van der Waals surface area contributed by atoms with Crippen molar-refractivity contribution >= 4 is 17.3 Å². The molecule has 3 aromatic carbocycles. The molecule has 7 heteroatoms. The van der Waals surface area contributed by atoms with Crippen LogP contribution in [0, 0.1) is 13.8 Å². The van der Waals surface area contributed by atoms with E-state index in [1.165, 1.54) is 0 Å². The van der Waals surface area contributed by atoms with Gasteiger partial charge in [-0.3, -0.25) is 4.79 Å². The van der Waals surface area contributed by atoms with Crippen LogP contribution in [-0.4, -0.2) is 60.4 Å². The number of β-amino-alcohol motifs (C(OH)–C–C–N with tert-alkyl or cyclic N) is 1. The number of carbonyl (C=O) groups excluding carboxylic acids is 1. The first-order valence-electron chi connectivity index (χ1n) is 13.0. The maximum Gasteiger partial charge on any atom is 0.255 e. The summed E-state index contributed by atoms with van der Waals surface area (Å²) in [6, 6.07) is 16.0. The first kappa shape index (κ1) is 25.1. The summed E-state index contributed by atoms with van der Waals surface area (Å²) in [7, 11) is 0. The van der Waals surface area contributed by atoms with Gasteiger partial charge in [0, 0.05) is 66.4 Å². The maximum absolute atomic E-state index is 13.9. The summed E-state index contributed by atoms with van der Waals surface area (Å²) >= 11 is 0. The molecular formula is C30H35N3O4. The van der Waals surface area contributed by atoms with E-state index in [4.69, 9.17) is 4.74 Å². The third-order valence-corrected chi connectivity index (χ3v) is 7.60. The minimum absolute atomic E-state index is 0.0511. The lowest BCUT2D eigenvalue weighted by Gasteiger charge is -2.45. The molecule has 5 rings (SSSR count). The van der Waals surface area contributed by atoms with Crippen molar-refractivity contribution in [2.24, 2.45) is 0 Å². The van der Waals surface area contributed by atoms with Gasteiger partial charge in [-0.05, 0) is 62.6 Å². The molecule has 0 radical (unpaired) electrons. The number of nitrogens with one attached hydrogen (secondary N) is 1. The molecule has 3 N–H and O–H groups in total. The summed E-state index contributed by atoms with van der Waals surface area (Å²) in [4.78, 5) is 17.8. The fraction of sp³-hybridized carbons (Fsp3) is 0.367. The third-order valence-electron chi connectivity index (χ3n) is 7.60. The Hall–Kier alpha value is -3.55. The molecule has 1 spiro atoms. The van der Waals surface area contributed by atoms with Gasteiger partial charge in [-0.25, -0.2) is 0 Å². The molecule has 1 atom stereocenters. The second kappa shape index (κ2) is 9.72. The molecule has 0 aliphatic carbocycles. The number of fused-ring (bicyclic) bond motifs is 6. The number of rotatable bonds is 8. The van der Waals surface area contributed by atoms with Gasteiger partial charge in [0.1, 0.15) is 17.0 Å². The van der Waals surface area contributed by atoms with Crippen LogP contribution in [0.5, 0.6) is 11.5 Å². The predicted molar refractivity (Wildman–Crippen MR) is 146 cm³/mol. The first-order chi connectivity index (χ1) is 17.9. The van der Waals surface area contributed by atoms with Crippen LogP contribution in [0.2, 0.25) is 0 Å². The van der Waals surface area contributed by atoms with Crippen LogP contribution in [0.15, 0.2) is 48.5 Å². The molecule has 3 aromatic rings. The number of hydrogen-bond acceptors (Lipinski definition) is 6. The van der Waals surface area contributed by atoms with Crippen molar-refractivity contribution in [1.82, 2.24) is 4.90 Å². The second-order valence-corrected chi connectivity index (χ2v) is 9.67. The number of aliphatic hydroxyl groups is 2. The number of aryl methyl sites for hydroxylation is 2. The summed E-state index contributed by atoms with van der Waals surface area (Å²) in [6.07, 6.45) is 0. The van der Waals surface area contributed by atoms with Gasteiger partial charge in [-0.15, -0.1) is 0 Å². The lowest BCUT2D eigenvalue weighted by molar-refractivity contribution is 0.0615. The van der Waals surface area contributed by atoms with Gasteiger partial charge in [0.15, 0.2) is 0 Å². The second-order valence-electron chi connectivity index (χ2n) is 9.67. The number of amides is 1. The van der Waals surface area contributed by atoms with Crippen LogP contribution < -0.4 is 15.0 Å². The Morgan fingerprint density at radius 1 is 0.946 bits per heavy atom. The van der Waals surface area contributed by atoms with Gasteiger partial charge < -0.3 is 30.1 Å². The highest BCUT2D eigenvalue weighted by Crippen LogP contribution is 2.58. The number of likely N-dealkylation sites (N-methyl/N-ethyl adjacent to an activating group) is 1. The van der Waals surface area contributed by atoms with Gasteiger partial charge in [0.2, 0.25) is 0 Å². The monoisotopic (exact) mass is 501 g/mol. The number of nitrogens with zero attached hydrogens (tertiary/aromatic N) is 2. The Labute approximate surface area is 218 Å². The molecule has 37 heavy (non-hydrogen) atoms. The van der Waals surface area contributed by atoms with E-state index < -0.39 is 5.54 Å². The van der Waals surface area contributed by atoms with Crippen molar-refractivity contribution in [3.63, 3.8) is 0 Å². The molecule has 0 bridgehead atoms. The smallest absolute Gasteiger partial charge is 0.255 e. The topological polar surface area (TPSA) is 85.3 Å². The quantitative estimate of drug-likeness (QED) is 0.424. The van der Waals surface area contributed by atoms with Gasteiger partial charge in [-0.2, -0.15) is 0 Å². The molecular weight excluding hydrogens is 466 g/mol. The zero-order valence-corrected chi connectivity index (χ0v) is 22.0. The summed E-state index contributed by atoms with van der Waals surface area (Å²) in [5.41, 5.74) is 6.41. The molecule has 0 saturated carbocycles. The average Bonchev–Trinajstić information content (AvgIpc) is 3.13. The summed E-state index contributed by atoms with van der Waals surface area (Å²) in [5.74, 6) is 1.25. The fourth-order valence-corrected chi connectivity index (χ4v) is 6.03. The average molecular weight is 502 g/mol. The molecule has 7 nitrogen and oxygen atoms in total. The normalized spacial score (nSPS) is 17.4. The standard InChI is InChI=1S/C30H35N3O4/c1-5-31-25-17-27-23(15-19(25)3)30(22-10-8-7-9-21(22)29(36)33(30)12-14-35)24-16-20(4)26(18-28(24)37-27)32(6-2)11-13-34/h7-10,15-18,31,34-35H,5-6,11-14H2,1-4H3. The number of carbonyl (C=O) groups is 1. The summed E-state index contributed by atoms with van der Waals surface area (Å²) in [5, 5.41) is 23.2. The number of aliphatic hydroxyl groups excluding tert-OH is 2. The van der Waals surface area contributed by atoms with E-state index in [-0.39, 0.29) is 25.7 Å². The van der Waals surface area contributed by atoms with Crippen molar-refractivity contribution in [1.29, 1.82) is 0 Å². The molecule has 1 amide bonds. The maximum atomic E-state index is 13.9. The van der Waals surface area contributed by atoms with Crippen molar-refractivity contribution in [3.8, 4) is 11.5 Å². The zero-order valence-electron chi connectivity index (χ0n) is 22.0. The summed E-state index contributed by atoms with van der Waals surface area (Å²) in [6.45, 7) is 10.3. The van der Waals surface area contributed by atoms with Crippen LogP contribution >= 0.6 is 0 Å². The Bertz CT molecular complexity index is 1350. The van der Waals surface area contributed by atoms with E-state index in [2.05, 4.69) is 50.0 Å². The number of hydrogen-bond donors (Lipinski definition) is 3. The number of anilines is 2. The highest BCUT2D eigenvalue weighted by molar-refractivity contribution is 6.02. The van der Waals surface area contributed by atoms with E-state index in [1.807, 2.05) is 36.4 Å². The van der Waals surface area contributed by atoms with Crippen molar-refractivity contribution in [2.45, 2.75) is 33.2 Å². The predicted octanol–water partition coefficient (Wildman–Crippen LogP) is 4.40. The lowest BCUT2D eigenvalue weighted by atomic mass is 9.73. The number of ether oxygens (including phenoxy) is 1. The van der Waals surface area contributed by atoms with Crippen LogP contribution in [0.4, 0.5) is 11.4 Å². The summed E-state index contributed by atoms with van der Waals surface area (Å²) < 4.78 is 6.62. The van der Waals surface area contributed by atoms with Crippen LogP contribution in [0.25, 0.3) is 0 Å². The van der Waals surface area contributed by atoms with Gasteiger partial charge in [0.05, 0.1) is 13.2 Å². The van der Waals surface area contributed by atoms with Gasteiger partial charge in [-0.1, -0.05) is 18.2 Å². The van der Waals surface area contributed by atoms with Crippen molar-refractivity contribution in [2.75, 3.05) is 49.6 Å². The van der Waals surface area contributed by atoms with Gasteiger partial charge >= 0.3 is 0 Å². The first-order valence-corrected chi connectivity index (χ1v) is 13.0. The zero-order chi connectivity index (χ0) is 26.3. The number of benzene rings is 3. The van der Waals surface area contributed by atoms with Crippen LogP contribution in [0.3, 0.4) is 0 Å². The van der Waals surface area contributed by atoms with E-state index in [0.29, 0.717) is 23.6 Å². The molecule has 0 saturated heterocycles. The SMILES string of the molecule is CCNc1cc2c(cc1C)C1(c3cc(C)c(N(CC)CCO)cc3O2)c2ccccc2C(=O)N1CCO. The Kier molecular flexibility index (Phi) is 6.60. The van der Waals surface area contributed by atoms with E-state index in [1.54, 1.807) is 4.90 Å². The van der Waals surface area contributed by atoms with Crippen molar-refractivity contribution in [3.05, 3.63) is 81.9 Å². The largest absolute Gasteiger partial charge is 0.456 e. The molecule has 0 aromatic heterocycles. The highest BCUT2D eigenvalue weighted by atomic mass is 16.5. The Morgan fingerprint density at radius 2 is 1.65 bits per heavy atom. The van der Waals surface area contributed by atoms with E-state index >= 15 is 0 Å². The molecule has 0 fully saturated rings. The molecule has 1 unspecified atom stereocenters. The van der Waals surface area contributed by atoms with Gasteiger partial charge in [0.25, 0.3) is 5.91 Å². The Morgan fingerprint density at radius 3 is 2.32 bits per heavy atom.